The fraction of sp³-hybridized carbons (Fsp3) is 0.438. The number of aryl methyl sites for hydroxylation is 1. The average Bonchev–Trinajstić information content (AvgIpc) is 2.64. The Hall–Kier alpha value is -1.77. The maximum absolute atomic E-state index is 11.8. The molecule has 0 aromatic heterocycles. The first-order chi connectivity index (χ1) is 9.02. The zero-order valence-corrected chi connectivity index (χ0v) is 11.7. The Morgan fingerprint density at radius 1 is 1.32 bits per heavy atom. The topological polar surface area (TPSA) is 35.5 Å². The van der Waals surface area contributed by atoms with Crippen LogP contribution in [0.2, 0.25) is 0 Å². The lowest BCUT2D eigenvalue weighted by Crippen LogP contribution is -2.20. The van der Waals surface area contributed by atoms with Gasteiger partial charge >= 0.3 is 5.97 Å². The van der Waals surface area contributed by atoms with Crippen LogP contribution in [0.5, 0.6) is 5.75 Å². The molecule has 3 rings (SSSR count). The highest BCUT2D eigenvalue weighted by Gasteiger charge is 2.38. The van der Waals surface area contributed by atoms with Gasteiger partial charge in [-0.3, -0.25) is 0 Å². The Kier molecular flexibility index (Phi) is 2.66. The van der Waals surface area contributed by atoms with Gasteiger partial charge in [0.05, 0.1) is 7.11 Å². The Labute approximate surface area is 113 Å². The number of methoxy groups -OCH3 is 1. The number of benzene rings is 1. The second-order valence-corrected chi connectivity index (χ2v) is 5.48. The fourth-order valence-corrected chi connectivity index (χ4v) is 3.18. The smallest absolute Gasteiger partial charge is 0.334 e. The molecule has 0 saturated heterocycles. The third-order valence-electron chi connectivity index (χ3n) is 4.24. The van der Waals surface area contributed by atoms with Crippen molar-refractivity contribution in [2.24, 2.45) is 0 Å². The minimum absolute atomic E-state index is 0.0669. The van der Waals surface area contributed by atoms with E-state index in [9.17, 15) is 4.79 Å². The summed E-state index contributed by atoms with van der Waals surface area (Å²) in [6.07, 6.45) is 0.792. The first-order valence-electron chi connectivity index (χ1n) is 6.63. The summed E-state index contributed by atoms with van der Waals surface area (Å²) in [6, 6.07) is 4.23. The maximum atomic E-state index is 11.8. The van der Waals surface area contributed by atoms with Gasteiger partial charge in [0.2, 0.25) is 0 Å². The molecule has 19 heavy (non-hydrogen) atoms. The van der Waals surface area contributed by atoms with Crippen molar-refractivity contribution in [3.8, 4) is 5.75 Å². The highest BCUT2D eigenvalue weighted by atomic mass is 16.5. The molecule has 0 unspecified atom stereocenters. The van der Waals surface area contributed by atoms with Crippen LogP contribution >= 0.6 is 0 Å². The Morgan fingerprint density at radius 3 is 2.74 bits per heavy atom. The lowest BCUT2D eigenvalue weighted by molar-refractivity contribution is -0.139. The number of rotatable bonds is 1. The number of hydrogen-bond acceptors (Lipinski definition) is 3. The third-order valence-corrected chi connectivity index (χ3v) is 4.24. The van der Waals surface area contributed by atoms with Gasteiger partial charge in [-0.1, -0.05) is 6.92 Å². The van der Waals surface area contributed by atoms with Crippen molar-refractivity contribution in [3.05, 3.63) is 34.4 Å². The van der Waals surface area contributed by atoms with Crippen LogP contribution in [-0.4, -0.2) is 19.2 Å². The number of ether oxygens (including phenoxy) is 2. The predicted octanol–water partition coefficient (Wildman–Crippen LogP) is 3.21. The molecule has 0 radical (unpaired) electrons. The highest BCUT2D eigenvalue weighted by Crippen LogP contribution is 2.46. The Balaban J connectivity index is 2.24. The van der Waals surface area contributed by atoms with Crippen molar-refractivity contribution in [2.45, 2.75) is 39.2 Å². The normalized spacial score (nSPS) is 24.9. The van der Waals surface area contributed by atoms with Crippen molar-refractivity contribution in [3.63, 3.8) is 0 Å². The summed E-state index contributed by atoms with van der Waals surface area (Å²) < 4.78 is 10.9. The van der Waals surface area contributed by atoms with Gasteiger partial charge in [-0.25, -0.2) is 4.79 Å². The van der Waals surface area contributed by atoms with Crippen molar-refractivity contribution in [1.29, 1.82) is 0 Å². The molecule has 1 aromatic carbocycles. The van der Waals surface area contributed by atoms with Gasteiger partial charge in [-0.05, 0) is 55.0 Å². The van der Waals surface area contributed by atoms with Crippen molar-refractivity contribution in [2.75, 3.05) is 7.11 Å². The van der Waals surface area contributed by atoms with E-state index in [2.05, 4.69) is 19.1 Å². The standard InChI is InChI=1S/C16H18O3/c1-8-6-14-15(10(3)16(17)19-14)12-5-9(2)13(18-4)7-11(8)12/h5,7-8,14H,6H2,1-4H3/t8-,14-/m0/s1. The van der Waals surface area contributed by atoms with Gasteiger partial charge < -0.3 is 9.47 Å². The quantitative estimate of drug-likeness (QED) is 0.726. The van der Waals surface area contributed by atoms with E-state index in [0.717, 1.165) is 34.4 Å². The van der Waals surface area contributed by atoms with E-state index < -0.39 is 0 Å². The summed E-state index contributed by atoms with van der Waals surface area (Å²) in [4.78, 5) is 11.8. The molecule has 100 valence electrons. The lowest BCUT2D eigenvalue weighted by atomic mass is 9.77. The molecule has 0 amide bonds. The molecule has 2 atom stereocenters. The van der Waals surface area contributed by atoms with Crippen LogP contribution < -0.4 is 4.74 Å². The summed E-state index contributed by atoms with van der Waals surface area (Å²) in [7, 11) is 1.69. The monoisotopic (exact) mass is 258 g/mol. The fourth-order valence-electron chi connectivity index (χ4n) is 3.18. The van der Waals surface area contributed by atoms with E-state index in [1.165, 1.54) is 5.56 Å². The number of carbonyl (C=O) groups excluding carboxylic acids is 1. The van der Waals surface area contributed by atoms with E-state index in [-0.39, 0.29) is 12.1 Å². The molecule has 1 aliphatic carbocycles. The van der Waals surface area contributed by atoms with Gasteiger partial charge in [0.25, 0.3) is 0 Å². The minimum Gasteiger partial charge on any atom is -0.496 e. The molecule has 0 N–H and O–H groups in total. The van der Waals surface area contributed by atoms with E-state index in [1.54, 1.807) is 7.11 Å². The minimum atomic E-state index is -0.173. The zero-order chi connectivity index (χ0) is 13.7. The molecule has 1 aromatic rings. The van der Waals surface area contributed by atoms with Crippen LogP contribution in [0.4, 0.5) is 0 Å². The molecule has 2 aliphatic rings. The zero-order valence-electron chi connectivity index (χ0n) is 11.7. The van der Waals surface area contributed by atoms with Gasteiger partial charge in [-0.15, -0.1) is 0 Å². The first kappa shape index (κ1) is 12.3. The molecule has 1 aliphatic heterocycles. The summed E-state index contributed by atoms with van der Waals surface area (Å²) in [5, 5.41) is 0. The van der Waals surface area contributed by atoms with Gasteiger partial charge in [0, 0.05) is 11.1 Å². The molecule has 0 fully saturated rings. The van der Waals surface area contributed by atoms with Crippen molar-refractivity contribution >= 4 is 11.5 Å². The van der Waals surface area contributed by atoms with E-state index in [1.807, 2.05) is 13.8 Å². The number of carbonyl (C=O) groups is 1. The van der Waals surface area contributed by atoms with Crippen LogP contribution in [0.3, 0.4) is 0 Å². The van der Waals surface area contributed by atoms with Crippen LogP contribution in [0.25, 0.3) is 5.57 Å². The van der Waals surface area contributed by atoms with E-state index >= 15 is 0 Å². The molecule has 3 heteroatoms. The molecule has 0 spiro atoms. The maximum Gasteiger partial charge on any atom is 0.334 e. The van der Waals surface area contributed by atoms with Crippen molar-refractivity contribution in [1.82, 2.24) is 0 Å². The number of esters is 1. The van der Waals surface area contributed by atoms with Gasteiger partial charge in [0.15, 0.2) is 0 Å². The van der Waals surface area contributed by atoms with Gasteiger partial charge in [-0.2, -0.15) is 0 Å². The van der Waals surface area contributed by atoms with E-state index in [0.29, 0.717) is 5.92 Å². The van der Waals surface area contributed by atoms with Crippen LogP contribution in [0.1, 0.15) is 42.9 Å². The average molecular weight is 258 g/mol. The molecular weight excluding hydrogens is 240 g/mol. The summed E-state index contributed by atoms with van der Waals surface area (Å²) >= 11 is 0. The lowest BCUT2D eigenvalue weighted by Gasteiger charge is -2.29. The predicted molar refractivity (Wildman–Crippen MR) is 73.2 cm³/mol. The molecule has 1 heterocycles. The second kappa shape index (κ2) is 4.12. The SMILES string of the molecule is COc1cc2c(cc1C)C1=C(C)C(=O)O[C@H]1C[C@@H]2C. The Bertz CT molecular complexity index is 598. The first-order valence-corrected chi connectivity index (χ1v) is 6.63. The highest BCUT2D eigenvalue weighted by molar-refractivity contribution is 6.03. The molecule has 0 saturated carbocycles. The summed E-state index contributed by atoms with van der Waals surface area (Å²) in [6.45, 7) is 6.06. The number of hydrogen-bond donors (Lipinski definition) is 0. The largest absolute Gasteiger partial charge is 0.496 e. The van der Waals surface area contributed by atoms with Crippen LogP contribution in [0.15, 0.2) is 17.7 Å². The van der Waals surface area contributed by atoms with Crippen LogP contribution in [0, 0.1) is 6.92 Å². The Morgan fingerprint density at radius 2 is 2.05 bits per heavy atom. The third kappa shape index (κ3) is 1.68. The molecule has 0 bridgehead atoms. The second-order valence-electron chi connectivity index (χ2n) is 5.48. The van der Waals surface area contributed by atoms with Crippen molar-refractivity contribution < 1.29 is 14.3 Å². The van der Waals surface area contributed by atoms with Gasteiger partial charge in [0.1, 0.15) is 11.9 Å². The number of fused-ring (bicyclic) bond motifs is 3. The molecular formula is C16H18O3. The summed E-state index contributed by atoms with van der Waals surface area (Å²) in [5.74, 6) is 1.11. The summed E-state index contributed by atoms with van der Waals surface area (Å²) in [5.41, 5.74) is 5.33. The molecule has 3 nitrogen and oxygen atoms in total. The van der Waals surface area contributed by atoms with E-state index in [4.69, 9.17) is 9.47 Å². The van der Waals surface area contributed by atoms with Crippen LogP contribution in [-0.2, 0) is 9.53 Å².